The van der Waals surface area contributed by atoms with Crippen molar-refractivity contribution in [3.05, 3.63) is 30.7 Å². The van der Waals surface area contributed by atoms with Crippen molar-refractivity contribution in [1.82, 2.24) is 20.1 Å². The summed E-state index contributed by atoms with van der Waals surface area (Å²) < 4.78 is 7.37. The maximum absolute atomic E-state index is 12.7. The van der Waals surface area contributed by atoms with E-state index in [1.807, 2.05) is 30.6 Å². The topological polar surface area (TPSA) is 73.0 Å². The monoisotopic (exact) mass is 388 g/mol. The van der Waals surface area contributed by atoms with Gasteiger partial charge in [-0.15, -0.1) is 16.8 Å². The minimum atomic E-state index is -0.237. The predicted octanol–water partition coefficient (Wildman–Crippen LogP) is 4.35. The van der Waals surface area contributed by atoms with Crippen LogP contribution in [-0.4, -0.2) is 32.0 Å². The Morgan fingerprint density at radius 2 is 2.15 bits per heavy atom. The predicted molar refractivity (Wildman–Crippen MR) is 108 cm³/mol. The van der Waals surface area contributed by atoms with Crippen LogP contribution in [0.5, 0.6) is 0 Å². The van der Waals surface area contributed by atoms with E-state index >= 15 is 0 Å². The minimum absolute atomic E-state index is 0.0705. The van der Waals surface area contributed by atoms with E-state index in [-0.39, 0.29) is 11.2 Å². The first kappa shape index (κ1) is 19.7. The molecule has 0 saturated heterocycles. The lowest BCUT2D eigenvalue weighted by atomic mass is 10.1. The van der Waals surface area contributed by atoms with E-state index in [0.717, 1.165) is 30.0 Å². The zero-order chi connectivity index (χ0) is 19.2. The second-order valence-corrected chi connectivity index (χ2v) is 8.36. The van der Waals surface area contributed by atoms with Crippen LogP contribution < -0.4 is 5.32 Å². The highest BCUT2D eigenvalue weighted by Gasteiger charge is 2.23. The van der Waals surface area contributed by atoms with E-state index in [4.69, 9.17) is 4.42 Å². The van der Waals surface area contributed by atoms with Crippen molar-refractivity contribution >= 4 is 17.7 Å². The highest BCUT2D eigenvalue weighted by Crippen LogP contribution is 2.29. The van der Waals surface area contributed by atoms with Crippen LogP contribution >= 0.6 is 11.8 Å². The number of aryl methyl sites for hydroxylation is 1. The molecule has 3 rings (SSSR count). The minimum Gasteiger partial charge on any atom is -0.469 e. The van der Waals surface area contributed by atoms with Crippen LogP contribution in [0.1, 0.15) is 51.2 Å². The molecule has 1 saturated carbocycles. The Morgan fingerprint density at radius 3 is 2.78 bits per heavy atom. The number of rotatable bonds is 7. The number of furan rings is 1. The summed E-state index contributed by atoms with van der Waals surface area (Å²) in [5.74, 6) is 1.60. The summed E-state index contributed by atoms with van der Waals surface area (Å²) in [6, 6.07) is 2.19. The zero-order valence-corrected chi connectivity index (χ0v) is 16.9. The van der Waals surface area contributed by atoms with Crippen LogP contribution in [0.25, 0.3) is 11.4 Å². The summed E-state index contributed by atoms with van der Waals surface area (Å²) in [5, 5.41) is 12.4. The Labute approximate surface area is 164 Å². The molecule has 2 heterocycles. The molecule has 1 atom stereocenters. The molecular formula is C20H28N4O2S. The summed E-state index contributed by atoms with van der Waals surface area (Å²) in [4.78, 5) is 12.7. The number of carbonyl (C=O) groups excluding carboxylic acids is 1. The molecule has 1 aliphatic carbocycles. The summed E-state index contributed by atoms with van der Waals surface area (Å²) in [5.41, 5.74) is 0.909. The van der Waals surface area contributed by atoms with Gasteiger partial charge in [-0.05, 0) is 32.8 Å². The molecule has 0 bridgehead atoms. The van der Waals surface area contributed by atoms with Crippen molar-refractivity contribution < 1.29 is 9.21 Å². The van der Waals surface area contributed by atoms with Gasteiger partial charge in [0.2, 0.25) is 5.91 Å². The largest absolute Gasteiger partial charge is 0.469 e. The SMILES string of the molecule is C=CCn1c(SC(C)C(=O)NC2CCCCCC2)nnc1-c1ccoc1C. The van der Waals surface area contributed by atoms with Crippen molar-refractivity contribution in [3.8, 4) is 11.4 Å². The molecule has 1 amide bonds. The van der Waals surface area contributed by atoms with Gasteiger partial charge in [0.05, 0.1) is 17.1 Å². The summed E-state index contributed by atoms with van der Waals surface area (Å²) >= 11 is 1.43. The van der Waals surface area contributed by atoms with Crippen LogP contribution in [-0.2, 0) is 11.3 Å². The summed E-state index contributed by atoms with van der Waals surface area (Å²) in [6.45, 7) is 8.23. The van der Waals surface area contributed by atoms with Crippen LogP contribution in [0.3, 0.4) is 0 Å². The Hall–Kier alpha value is -2.02. The van der Waals surface area contributed by atoms with Crippen molar-refractivity contribution in [2.45, 2.75) is 75.4 Å². The molecule has 0 spiro atoms. The quantitative estimate of drug-likeness (QED) is 0.434. The average molecular weight is 389 g/mol. The lowest BCUT2D eigenvalue weighted by Gasteiger charge is -2.19. The van der Waals surface area contributed by atoms with Gasteiger partial charge in [0.25, 0.3) is 0 Å². The lowest BCUT2D eigenvalue weighted by Crippen LogP contribution is -2.39. The molecule has 1 aliphatic rings. The highest BCUT2D eigenvalue weighted by molar-refractivity contribution is 8.00. The van der Waals surface area contributed by atoms with Gasteiger partial charge in [-0.3, -0.25) is 9.36 Å². The summed E-state index contributed by atoms with van der Waals surface area (Å²) in [6.07, 6.45) is 10.6. The van der Waals surface area contributed by atoms with Gasteiger partial charge in [0, 0.05) is 12.6 Å². The van der Waals surface area contributed by atoms with Crippen LogP contribution in [0.15, 0.2) is 34.6 Å². The van der Waals surface area contributed by atoms with Crippen LogP contribution in [0.2, 0.25) is 0 Å². The molecule has 2 aromatic heterocycles. The smallest absolute Gasteiger partial charge is 0.233 e. The van der Waals surface area contributed by atoms with Crippen LogP contribution in [0, 0.1) is 6.92 Å². The molecule has 27 heavy (non-hydrogen) atoms. The van der Waals surface area contributed by atoms with Gasteiger partial charge < -0.3 is 9.73 Å². The Bertz CT molecular complexity index is 775. The third-order valence-electron chi connectivity index (χ3n) is 4.98. The summed E-state index contributed by atoms with van der Waals surface area (Å²) in [7, 11) is 0. The van der Waals surface area contributed by atoms with Crippen LogP contribution in [0.4, 0.5) is 0 Å². The molecule has 6 nitrogen and oxygen atoms in total. The Balaban J connectivity index is 1.70. The number of nitrogens with one attached hydrogen (secondary N) is 1. The second-order valence-electron chi connectivity index (χ2n) is 7.05. The van der Waals surface area contributed by atoms with Gasteiger partial charge in [0.1, 0.15) is 5.76 Å². The van der Waals surface area contributed by atoms with Gasteiger partial charge in [0.15, 0.2) is 11.0 Å². The maximum Gasteiger partial charge on any atom is 0.233 e. The number of aromatic nitrogens is 3. The molecule has 0 aromatic carbocycles. The third-order valence-corrected chi connectivity index (χ3v) is 6.06. The first-order valence-electron chi connectivity index (χ1n) is 9.65. The molecule has 2 aromatic rings. The fourth-order valence-corrected chi connectivity index (χ4v) is 4.31. The molecular weight excluding hydrogens is 360 g/mol. The fraction of sp³-hybridized carbons (Fsp3) is 0.550. The van der Waals surface area contributed by atoms with E-state index in [2.05, 4.69) is 22.1 Å². The second kappa shape index (κ2) is 9.26. The third kappa shape index (κ3) is 4.83. The first-order valence-corrected chi connectivity index (χ1v) is 10.5. The molecule has 0 aliphatic heterocycles. The van der Waals surface area contributed by atoms with E-state index in [1.165, 1.54) is 37.4 Å². The number of carbonyl (C=O) groups is 1. The van der Waals surface area contributed by atoms with Crippen molar-refractivity contribution in [1.29, 1.82) is 0 Å². The normalized spacial score (nSPS) is 16.7. The molecule has 0 radical (unpaired) electrons. The molecule has 146 valence electrons. The zero-order valence-electron chi connectivity index (χ0n) is 16.1. The Kier molecular flexibility index (Phi) is 6.77. The molecule has 1 fully saturated rings. The number of thioether (sulfide) groups is 1. The first-order chi connectivity index (χ1) is 13.1. The van der Waals surface area contributed by atoms with Crippen molar-refractivity contribution in [3.63, 3.8) is 0 Å². The average Bonchev–Trinajstić information content (AvgIpc) is 3.13. The van der Waals surface area contributed by atoms with Gasteiger partial charge >= 0.3 is 0 Å². The van der Waals surface area contributed by atoms with E-state index in [1.54, 1.807) is 6.26 Å². The van der Waals surface area contributed by atoms with Gasteiger partial charge in [-0.1, -0.05) is 43.5 Å². The lowest BCUT2D eigenvalue weighted by molar-refractivity contribution is -0.121. The number of amides is 1. The van der Waals surface area contributed by atoms with Gasteiger partial charge in [-0.25, -0.2) is 0 Å². The molecule has 1 N–H and O–H groups in total. The maximum atomic E-state index is 12.7. The standard InChI is InChI=1S/C20H28N4O2S/c1-4-12-24-18(17-11-13-26-14(17)2)22-23-20(24)27-15(3)19(25)21-16-9-7-5-6-8-10-16/h4,11,13,15-16H,1,5-10,12H2,2-3H3,(H,21,25). The highest BCUT2D eigenvalue weighted by atomic mass is 32.2. The van der Waals surface area contributed by atoms with E-state index in [9.17, 15) is 4.79 Å². The molecule has 7 heteroatoms. The molecule has 1 unspecified atom stereocenters. The van der Waals surface area contributed by atoms with E-state index < -0.39 is 0 Å². The number of hydrogen-bond donors (Lipinski definition) is 1. The van der Waals surface area contributed by atoms with Crippen molar-refractivity contribution in [2.24, 2.45) is 0 Å². The fourth-order valence-electron chi connectivity index (χ4n) is 3.44. The van der Waals surface area contributed by atoms with E-state index in [0.29, 0.717) is 17.7 Å². The Morgan fingerprint density at radius 1 is 1.41 bits per heavy atom. The van der Waals surface area contributed by atoms with Gasteiger partial charge in [-0.2, -0.15) is 0 Å². The number of nitrogens with zero attached hydrogens (tertiary/aromatic N) is 3. The number of allylic oxidation sites excluding steroid dienone is 1. The van der Waals surface area contributed by atoms with Crippen molar-refractivity contribution in [2.75, 3.05) is 0 Å². The number of hydrogen-bond acceptors (Lipinski definition) is 5.